The summed E-state index contributed by atoms with van der Waals surface area (Å²) >= 11 is 6.06. The van der Waals surface area contributed by atoms with Crippen LogP contribution in [0.5, 0.6) is 0 Å². The number of carbonyl (C=O) groups excluding carboxylic acids is 1. The van der Waals surface area contributed by atoms with E-state index in [2.05, 4.69) is 10.3 Å². The number of urea groups is 1. The Morgan fingerprint density at radius 2 is 1.70 bits per heavy atom. The van der Waals surface area contributed by atoms with E-state index in [0.29, 0.717) is 37.7 Å². The molecule has 0 spiro atoms. The van der Waals surface area contributed by atoms with E-state index in [1.165, 1.54) is 0 Å². The number of carbonyl (C=O) groups is 1. The van der Waals surface area contributed by atoms with Crippen LogP contribution in [0.4, 0.5) is 29.5 Å². The number of aromatic amines is 1. The Morgan fingerprint density at radius 1 is 1.00 bits per heavy atom. The summed E-state index contributed by atoms with van der Waals surface area (Å²) in [6.45, 7) is 1.74. The molecule has 2 aromatic carbocycles. The van der Waals surface area contributed by atoms with E-state index in [1.807, 2.05) is 47.4 Å². The molecule has 1 fully saturated rings. The molecule has 9 heteroatoms. The first kappa shape index (κ1) is 20.3. The van der Waals surface area contributed by atoms with Crippen molar-refractivity contribution < 1.29 is 22.9 Å². The van der Waals surface area contributed by atoms with Gasteiger partial charge in [0.05, 0.1) is 18.7 Å². The van der Waals surface area contributed by atoms with Crippen LogP contribution >= 0.6 is 11.6 Å². The summed E-state index contributed by atoms with van der Waals surface area (Å²) in [5.74, 6) is 0.416. The van der Waals surface area contributed by atoms with Crippen molar-refractivity contribution in [1.82, 2.24) is 4.90 Å². The van der Waals surface area contributed by atoms with Crippen LogP contribution in [0.2, 0.25) is 5.02 Å². The van der Waals surface area contributed by atoms with Crippen molar-refractivity contribution in [2.24, 2.45) is 0 Å². The molecular weight excluding hydrogens is 417 g/mol. The third-order valence-corrected chi connectivity index (χ3v) is 5.37. The Labute approximate surface area is 176 Å². The van der Waals surface area contributed by atoms with Gasteiger partial charge in [0.15, 0.2) is 0 Å². The number of amides is 2. The molecule has 0 unspecified atom stereocenters. The molecular formula is C21H19ClF3N4O+. The Balaban J connectivity index is 1.38. The number of hydrogen-bond donors (Lipinski definition) is 1. The molecule has 0 atom stereocenters. The quantitative estimate of drug-likeness (QED) is 0.635. The number of anilines is 2. The maximum absolute atomic E-state index is 12.8. The Kier molecular flexibility index (Phi) is 5.42. The lowest BCUT2D eigenvalue weighted by Gasteiger charge is -2.31. The summed E-state index contributed by atoms with van der Waals surface area (Å²) in [5.41, 5.74) is -0.120. The van der Waals surface area contributed by atoms with E-state index in [-0.39, 0.29) is 11.1 Å². The largest absolute Gasteiger partial charge is 0.419 e. The molecule has 156 valence electrons. The predicted octanol–water partition coefficient (Wildman–Crippen LogP) is 4.68. The number of hydrogen-bond acceptors (Lipinski definition) is 2. The minimum atomic E-state index is -4.46. The zero-order chi connectivity index (χ0) is 21.3. The SMILES string of the molecule is O=C(Nc1ccc2ccccc2c1)N1CCN(c2[nH+]cc(C(F)(F)F)cc2Cl)CC1. The van der Waals surface area contributed by atoms with E-state index in [0.717, 1.165) is 23.0 Å². The van der Waals surface area contributed by atoms with Gasteiger partial charge >= 0.3 is 12.2 Å². The van der Waals surface area contributed by atoms with Crippen molar-refractivity contribution in [1.29, 1.82) is 0 Å². The van der Waals surface area contributed by atoms with Crippen LogP contribution in [0.1, 0.15) is 5.56 Å². The maximum atomic E-state index is 12.8. The van der Waals surface area contributed by atoms with Crippen molar-refractivity contribution in [3.05, 3.63) is 65.3 Å². The molecule has 30 heavy (non-hydrogen) atoms. The number of fused-ring (bicyclic) bond motifs is 1. The van der Waals surface area contributed by atoms with Gasteiger partial charge in [-0.05, 0) is 29.0 Å². The Hall–Kier alpha value is -3.00. The minimum absolute atomic E-state index is 0.00103. The molecule has 2 N–H and O–H groups in total. The fourth-order valence-corrected chi connectivity index (χ4v) is 3.76. The summed E-state index contributed by atoms with van der Waals surface area (Å²) in [5, 5.41) is 5.03. The van der Waals surface area contributed by atoms with Gasteiger partial charge in [0.2, 0.25) is 0 Å². The first-order valence-electron chi connectivity index (χ1n) is 9.39. The Morgan fingerprint density at radius 3 is 2.37 bits per heavy atom. The standard InChI is InChI=1S/C21H18ClF3N4O/c22-18-12-16(21(23,24)25)13-26-19(18)28-7-9-29(10-8-28)20(30)27-17-6-5-14-3-1-2-4-15(14)11-17/h1-6,11-13H,7-10H2,(H,27,30)/p+1. The summed E-state index contributed by atoms with van der Waals surface area (Å²) in [6, 6.07) is 14.3. The second-order valence-electron chi connectivity index (χ2n) is 7.05. The van der Waals surface area contributed by atoms with Gasteiger partial charge < -0.3 is 10.2 Å². The van der Waals surface area contributed by atoms with Gasteiger partial charge in [-0.1, -0.05) is 41.9 Å². The predicted molar refractivity (Wildman–Crippen MR) is 110 cm³/mol. The van der Waals surface area contributed by atoms with E-state index >= 15 is 0 Å². The van der Waals surface area contributed by atoms with Crippen LogP contribution in [0.3, 0.4) is 0 Å². The highest BCUT2D eigenvalue weighted by molar-refractivity contribution is 6.32. The first-order valence-corrected chi connectivity index (χ1v) is 9.77. The van der Waals surface area contributed by atoms with Crippen LogP contribution in [-0.2, 0) is 6.18 Å². The van der Waals surface area contributed by atoms with Crippen LogP contribution in [-0.4, -0.2) is 37.1 Å². The second kappa shape index (κ2) is 8.02. The monoisotopic (exact) mass is 435 g/mol. The highest BCUT2D eigenvalue weighted by atomic mass is 35.5. The Bertz CT molecular complexity index is 1080. The maximum Gasteiger partial charge on any atom is 0.419 e. The van der Waals surface area contributed by atoms with Gasteiger partial charge in [0, 0.05) is 5.69 Å². The molecule has 0 bridgehead atoms. The lowest BCUT2D eigenvalue weighted by atomic mass is 10.1. The highest BCUT2D eigenvalue weighted by Crippen LogP contribution is 2.32. The van der Waals surface area contributed by atoms with Gasteiger partial charge in [0.1, 0.15) is 24.3 Å². The van der Waals surface area contributed by atoms with Crippen molar-refractivity contribution in [2.45, 2.75) is 6.18 Å². The topological polar surface area (TPSA) is 49.7 Å². The van der Waals surface area contributed by atoms with Crippen LogP contribution in [0.25, 0.3) is 10.8 Å². The zero-order valence-electron chi connectivity index (χ0n) is 15.8. The summed E-state index contributed by atoms with van der Waals surface area (Å²) < 4.78 is 38.4. The lowest BCUT2D eigenvalue weighted by molar-refractivity contribution is -0.367. The fraction of sp³-hybridized carbons (Fsp3) is 0.238. The number of alkyl halides is 3. The van der Waals surface area contributed by atoms with Crippen LogP contribution in [0, 0.1) is 0 Å². The third kappa shape index (κ3) is 4.28. The number of nitrogens with zero attached hydrogens (tertiary/aromatic N) is 2. The summed E-state index contributed by atoms with van der Waals surface area (Å²) in [7, 11) is 0. The van der Waals surface area contributed by atoms with Gasteiger partial charge in [0.25, 0.3) is 5.82 Å². The normalized spacial score (nSPS) is 14.8. The minimum Gasteiger partial charge on any atom is -0.317 e. The number of piperazine rings is 1. The summed E-state index contributed by atoms with van der Waals surface area (Å²) in [4.78, 5) is 18.7. The van der Waals surface area contributed by atoms with Crippen molar-refractivity contribution in [3.63, 3.8) is 0 Å². The zero-order valence-corrected chi connectivity index (χ0v) is 16.6. The number of nitrogens with one attached hydrogen (secondary N) is 2. The van der Waals surface area contributed by atoms with Gasteiger partial charge in [-0.3, -0.25) is 4.90 Å². The number of pyridine rings is 1. The van der Waals surface area contributed by atoms with E-state index in [1.54, 1.807) is 4.90 Å². The highest BCUT2D eigenvalue weighted by Gasteiger charge is 2.34. The van der Waals surface area contributed by atoms with Crippen molar-refractivity contribution in [3.8, 4) is 0 Å². The second-order valence-corrected chi connectivity index (χ2v) is 7.46. The molecule has 5 nitrogen and oxygen atoms in total. The molecule has 0 aliphatic carbocycles. The van der Waals surface area contributed by atoms with Crippen LogP contribution < -0.4 is 15.2 Å². The molecule has 0 radical (unpaired) electrons. The average molecular weight is 436 g/mol. The van der Waals surface area contributed by atoms with E-state index in [9.17, 15) is 18.0 Å². The first-order chi connectivity index (χ1) is 14.3. The molecule has 4 rings (SSSR count). The van der Waals surface area contributed by atoms with Crippen LogP contribution in [0.15, 0.2) is 54.7 Å². The smallest absolute Gasteiger partial charge is 0.317 e. The molecule has 3 aromatic rings. The number of aromatic nitrogens is 1. The molecule has 1 aliphatic heterocycles. The molecule has 0 saturated carbocycles. The molecule has 1 aromatic heterocycles. The van der Waals surface area contributed by atoms with Crippen molar-refractivity contribution >= 4 is 39.9 Å². The number of H-pyrrole nitrogens is 1. The molecule has 2 heterocycles. The number of halogens is 4. The third-order valence-electron chi connectivity index (χ3n) is 5.08. The lowest BCUT2D eigenvalue weighted by Crippen LogP contribution is -2.51. The van der Waals surface area contributed by atoms with Crippen molar-refractivity contribution in [2.75, 3.05) is 36.4 Å². The van der Waals surface area contributed by atoms with E-state index < -0.39 is 11.7 Å². The molecule has 1 aliphatic rings. The number of rotatable bonds is 2. The van der Waals surface area contributed by atoms with Gasteiger partial charge in [-0.15, -0.1) is 0 Å². The molecule has 1 saturated heterocycles. The van der Waals surface area contributed by atoms with Gasteiger partial charge in [-0.25, -0.2) is 9.78 Å². The van der Waals surface area contributed by atoms with Gasteiger partial charge in [-0.2, -0.15) is 13.2 Å². The summed E-state index contributed by atoms with van der Waals surface area (Å²) in [6.07, 6.45) is -3.56. The average Bonchev–Trinajstić information content (AvgIpc) is 2.73. The van der Waals surface area contributed by atoms with E-state index in [4.69, 9.17) is 11.6 Å². The fourth-order valence-electron chi connectivity index (χ4n) is 3.47. The number of benzene rings is 2. The molecule has 2 amide bonds.